The third kappa shape index (κ3) is 3.88. The van der Waals surface area contributed by atoms with Crippen molar-refractivity contribution in [2.45, 2.75) is 50.5 Å². The van der Waals surface area contributed by atoms with E-state index in [2.05, 4.69) is 4.72 Å². The fraction of sp³-hybridized carbons (Fsp3) is 0.400. The highest BCUT2D eigenvalue weighted by Crippen LogP contribution is 2.32. The number of methoxy groups -OCH3 is 1. The van der Waals surface area contributed by atoms with Crippen LogP contribution in [0.25, 0.3) is 0 Å². The van der Waals surface area contributed by atoms with E-state index in [-0.39, 0.29) is 10.9 Å². The number of sulfonamides is 1. The molecule has 2 aromatic rings. The summed E-state index contributed by atoms with van der Waals surface area (Å²) in [7, 11) is -2.15. The Balaban J connectivity index is 1.92. The molecule has 1 aliphatic rings. The normalized spacial score (nSPS) is 15.5. The molecule has 0 aliphatic heterocycles. The number of fused-ring (bicyclic) bond motifs is 1. The second kappa shape index (κ2) is 7.18. The lowest BCUT2D eigenvalue weighted by Gasteiger charge is -2.21. The molecule has 1 atom stereocenters. The second-order valence-corrected chi connectivity index (χ2v) is 8.41. The molecule has 25 heavy (non-hydrogen) atoms. The summed E-state index contributed by atoms with van der Waals surface area (Å²) in [6.45, 7) is 3.86. The Hall–Kier alpha value is -1.85. The Kier molecular flexibility index (Phi) is 5.16. The first kappa shape index (κ1) is 18.0. The monoisotopic (exact) mass is 359 g/mol. The van der Waals surface area contributed by atoms with E-state index in [1.54, 1.807) is 6.07 Å². The van der Waals surface area contributed by atoms with Crippen LogP contribution in [0, 0.1) is 6.92 Å². The zero-order valence-electron chi connectivity index (χ0n) is 15.0. The molecule has 4 nitrogen and oxygen atoms in total. The van der Waals surface area contributed by atoms with Crippen molar-refractivity contribution in [2.24, 2.45) is 0 Å². The van der Waals surface area contributed by atoms with Crippen molar-refractivity contribution in [3.05, 3.63) is 58.7 Å². The van der Waals surface area contributed by atoms with Crippen LogP contribution in [0.1, 0.15) is 48.1 Å². The van der Waals surface area contributed by atoms with Crippen molar-refractivity contribution in [1.29, 1.82) is 0 Å². The van der Waals surface area contributed by atoms with Crippen molar-refractivity contribution in [1.82, 2.24) is 4.72 Å². The number of hydrogen-bond acceptors (Lipinski definition) is 3. The predicted molar refractivity (Wildman–Crippen MR) is 99.6 cm³/mol. The van der Waals surface area contributed by atoms with Gasteiger partial charge in [-0.2, -0.15) is 0 Å². The molecule has 0 heterocycles. The van der Waals surface area contributed by atoms with E-state index in [9.17, 15) is 8.42 Å². The van der Waals surface area contributed by atoms with Gasteiger partial charge in [-0.1, -0.05) is 29.8 Å². The molecule has 0 bridgehead atoms. The summed E-state index contributed by atoms with van der Waals surface area (Å²) in [6.07, 6.45) is 4.16. The lowest BCUT2D eigenvalue weighted by Crippen LogP contribution is -2.27. The van der Waals surface area contributed by atoms with Gasteiger partial charge in [0.15, 0.2) is 0 Å². The van der Waals surface area contributed by atoms with Gasteiger partial charge in [0.2, 0.25) is 10.0 Å². The predicted octanol–water partition coefficient (Wildman–Crippen LogP) is 3.92. The molecule has 0 radical (unpaired) electrons. The summed E-state index contributed by atoms with van der Waals surface area (Å²) in [4.78, 5) is 0.231. The molecule has 0 amide bonds. The molecule has 1 N–H and O–H groups in total. The summed E-state index contributed by atoms with van der Waals surface area (Å²) >= 11 is 0. The summed E-state index contributed by atoms with van der Waals surface area (Å²) in [5, 5.41) is 0. The lowest BCUT2D eigenvalue weighted by atomic mass is 9.92. The number of benzene rings is 2. The Bertz CT molecular complexity index is 857. The lowest BCUT2D eigenvalue weighted by molar-refractivity contribution is 0.400. The van der Waals surface area contributed by atoms with Crippen LogP contribution < -0.4 is 9.46 Å². The van der Waals surface area contributed by atoms with Crippen LogP contribution in [0.5, 0.6) is 5.75 Å². The van der Waals surface area contributed by atoms with Gasteiger partial charge in [0.25, 0.3) is 0 Å². The first-order chi connectivity index (χ1) is 11.9. The number of aryl methyl sites for hydroxylation is 3. The highest BCUT2D eigenvalue weighted by molar-refractivity contribution is 7.89. The van der Waals surface area contributed by atoms with E-state index in [0.29, 0.717) is 5.75 Å². The van der Waals surface area contributed by atoms with E-state index in [1.807, 2.05) is 44.2 Å². The standard InChI is InChI=1S/C20H25NO3S/c1-14-8-10-16(11-9-14)15(2)21-25(22,23)20-13-18-7-5-4-6-17(18)12-19(20)24-3/h8-13,15,21H,4-7H2,1-3H3/t15-/m0/s1. The summed E-state index contributed by atoms with van der Waals surface area (Å²) in [5.41, 5.74) is 4.41. The number of rotatable bonds is 5. The zero-order chi connectivity index (χ0) is 18.0. The van der Waals surface area contributed by atoms with Gasteiger partial charge < -0.3 is 4.74 Å². The molecule has 3 rings (SSSR count). The van der Waals surface area contributed by atoms with Gasteiger partial charge in [0.1, 0.15) is 10.6 Å². The average molecular weight is 359 g/mol. The van der Waals surface area contributed by atoms with Gasteiger partial charge in [-0.05, 0) is 68.4 Å². The quantitative estimate of drug-likeness (QED) is 0.880. The molecule has 134 valence electrons. The van der Waals surface area contributed by atoms with Crippen molar-refractivity contribution >= 4 is 10.0 Å². The molecule has 5 heteroatoms. The van der Waals surface area contributed by atoms with Crippen LogP contribution in [0.15, 0.2) is 41.3 Å². The third-order valence-corrected chi connectivity index (χ3v) is 6.39. The maximum Gasteiger partial charge on any atom is 0.244 e. The van der Waals surface area contributed by atoms with Crippen LogP contribution in [0.3, 0.4) is 0 Å². The largest absolute Gasteiger partial charge is 0.495 e. The summed E-state index contributed by atoms with van der Waals surface area (Å²) < 4.78 is 34.1. The Morgan fingerprint density at radius 1 is 1.04 bits per heavy atom. The van der Waals surface area contributed by atoms with Crippen molar-refractivity contribution in [3.63, 3.8) is 0 Å². The maximum absolute atomic E-state index is 13.0. The van der Waals surface area contributed by atoms with E-state index in [4.69, 9.17) is 4.74 Å². The molecule has 0 saturated carbocycles. The van der Waals surface area contributed by atoms with Crippen LogP contribution in [0.2, 0.25) is 0 Å². The summed E-state index contributed by atoms with van der Waals surface area (Å²) in [6, 6.07) is 11.2. The molecule has 0 fully saturated rings. The third-order valence-electron chi connectivity index (χ3n) is 4.83. The van der Waals surface area contributed by atoms with Crippen LogP contribution in [-0.4, -0.2) is 15.5 Å². The maximum atomic E-state index is 13.0. The molecular formula is C20H25NO3S. The van der Waals surface area contributed by atoms with Crippen molar-refractivity contribution in [2.75, 3.05) is 7.11 Å². The molecule has 0 spiro atoms. The van der Waals surface area contributed by atoms with Gasteiger partial charge in [-0.15, -0.1) is 0 Å². The number of hydrogen-bond donors (Lipinski definition) is 1. The first-order valence-electron chi connectivity index (χ1n) is 8.69. The molecule has 2 aromatic carbocycles. The molecule has 0 saturated heterocycles. The highest BCUT2D eigenvalue weighted by Gasteiger charge is 2.25. The van der Waals surface area contributed by atoms with Crippen molar-refractivity contribution in [3.8, 4) is 5.75 Å². The number of nitrogens with one attached hydrogen (secondary N) is 1. The minimum absolute atomic E-state index is 0.231. The smallest absolute Gasteiger partial charge is 0.244 e. The van der Waals surface area contributed by atoms with Gasteiger partial charge in [-0.25, -0.2) is 13.1 Å². The summed E-state index contributed by atoms with van der Waals surface area (Å²) in [5.74, 6) is 0.421. The number of ether oxygens (including phenoxy) is 1. The van der Waals surface area contributed by atoms with Crippen LogP contribution in [0.4, 0.5) is 0 Å². The van der Waals surface area contributed by atoms with Crippen molar-refractivity contribution < 1.29 is 13.2 Å². The van der Waals surface area contributed by atoms with Gasteiger partial charge >= 0.3 is 0 Å². The second-order valence-electron chi connectivity index (χ2n) is 6.73. The molecule has 0 unspecified atom stereocenters. The minimum atomic E-state index is -3.67. The molecule has 0 aromatic heterocycles. The minimum Gasteiger partial charge on any atom is -0.495 e. The molecular weight excluding hydrogens is 334 g/mol. The average Bonchev–Trinajstić information content (AvgIpc) is 2.60. The van der Waals surface area contributed by atoms with E-state index in [1.165, 1.54) is 12.7 Å². The topological polar surface area (TPSA) is 55.4 Å². The Labute approximate surface area is 150 Å². The van der Waals surface area contributed by atoms with Crippen LogP contribution in [-0.2, 0) is 22.9 Å². The fourth-order valence-corrected chi connectivity index (χ4v) is 4.76. The Morgan fingerprint density at radius 3 is 2.24 bits per heavy atom. The first-order valence-corrected chi connectivity index (χ1v) is 10.2. The van der Waals surface area contributed by atoms with Crippen LogP contribution >= 0.6 is 0 Å². The van der Waals surface area contributed by atoms with Gasteiger partial charge in [-0.3, -0.25) is 0 Å². The fourth-order valence-electron chi connectivity index (χ4n) is 3.33. The van der Waals surface area contributed by atoms with Gasteiger partial charge in [0, 0.05) is 6.04 Å². The zero-order valence-corrected chi connectivity index (χ0v) is 15.8. The van der Waals surface area contributed by atoms with E-state index >= 15 is 0 Å². The molecule has 1 aliphatic carbocycles. The Morgan fingerprint density at radius 2 is 1.64 bits per heavy atom. The SMILES string of the molecule is COc1cc2c(cc1S(=O)(=O)N[C@@H](C)c1ccc(C)cc1)CCCC2. The van der Waals surface area contributed by atoms with E-state index < -0.39 is 10.0 Å². The highest BCUT2D eigenvalue weighted by atomic mass is 32.2. The van der Waals surface area contributed by atoms with Gasteiger partial charge in [0.05, 0.1) is 7.11 Å². The van der Waals surface area contributed by atoms with E-state index in [0.717, 1.165) is 42.4 Å².